The fourth-order valence-electron chi connectivity index (χ4n) is 11.0. The number of hydrogen-bond donors (Lipinski definition) is 2. The molecule has 0 radical (unpaired) electrons. The van der Waals surface area contributed by atoms with Gasteiger partial charge in [0, 0.05) is 19.4 Å². The number of ether oxygens (including phenoxy) is 2. The van der Waals surface area contributed by atoms with Crippen LogP contribution < -0.4 is 5.73 Å². The van der Waals surface area contributed by atoms with Crippen LogP contribution in [0.25, 0.3) is 0 Å². The van der Waals surface area contributed by atoms with E-state index in [1.807, 2.05) is 0 Å². The van der Waals surface area contributed by atoms with E-state index < -0.39 is 26.5 Å². The SMILES string of the molecule is CC/C=C\C/C=C\C/C=C\C/C=C\CCCCCCCCCCCCCCCCCCCCC(=O)OC(COC(=O)CCCCCCCCCCCCCCCCCCCCCCC/C=C\CCCCCCCCCC)COP(=O)(O)OCCN. The Morgan fingerprint density at radius 1 is 0.365 bits per heavy atom. The summed E-state index contributed by atoms with van der Waals surface area (Å²) in [6.07, 6.45) is 91.9. The van der Waals surface area contributed by atoms with Gasteiger partial charge in [-0.2, -0.15) is 0 Å². The van der Waals surface area contributed by atoms with Crippen LogP contribution in [-0.4, -0.2) is 49.3 Å². The Hall–Kier alpha value is -2.29. The predicted octanol–water partition coefficient (Wildman–Crippen LogP) is 24.2. The van der Waals surface area contributed by atoms with Crippen molar-refractivity contribution in [2.75, 3.05) is 26.4 Å². The van der Waals surface area contributed by atoms with Gasteiger partial charge in [-0.15, -0.1) is 0 Å². The zero-order valence-corrected chi connectivity index (χ0v) is 57.0. The number of carbonyl (C=O) groups is 2. The van der Waals surface area contributed by atoms with Crippen molar-refractivity contribution in [1.29, 1.82) is 0 Å². The molecule has 0 bridgehead atoms. The van der Waals surface area contributed by atoms with Crippen molar-refractivity contribution < 1.29 is 37.6 Å². The van der Waals surface area contributed by atoms with E-state index in [4.69, 9.17) is 24.3 Å². The molecule has 0 rings (SSSR count). The van der Waals surface area contributed by atoms with Crippen molar-refractivity contribution in [3.63, 3.8) is 0 Å². The van der Waals surface area contributed by atoms with Crippen LogP contribution in [0, 0.1) is 0 Å². The first kappa shape index (κ1) is 82.7. The molecule has 0 aromatic rings. The number of nitrogens with two attached hydrogens (primary N) is 1. The Labute approximate surface area is 527 Å². The molecule has 2 unspecified atom stereocenters. The maximum Gasteiger partial charge on any atom is 0.472 e. The average molecular weight is 1210 g/mol. The van der Waals surface area contributed by atoms with Crippen LogP contribution in [0.5, 0.6) is 0 Å². The summed E-state index contributed by atoms with van der Waals surface area (Å²) in [7, 11) is -4.39. The van der Waals surface area contributed by atoms with Gasteiger partial charge in [0.25, 0.3) is 0 Å². The maximum absolute atomic E-state index is 12.8. The van der Waals surface area contributed by atoms with Crippen molar-refractivity contribution in [1.82, 2.24) is 0 Å². The molecular formula is C75H140NO8P. The molecule has 0 saturated carbocycles. The molecule has 85 heavy (non-hydrogen) atoms. The van der Waals surface area contributed by atoms with Crippen molar-refractivity contribution in [2.24, 2.45) is 5.73 Å². The molecule has 0 saturated heterocycles. The summed E-state index contributed by atoms with van der Waals surface area (Å²) < 4.78 is 33.2. The van der Waals surface area contributed by atoms with Crippen LogP contribution in [0.2, 0.25) is 0 Å². The molecule has 0 aromatic heterocycles. The molecular weight excluding hydrogens is 1070 g/mol. The number of esters is 2. The highest BCUT2D eigenvalue weighted by Crippen LogP contribution is 2.43. The minimum absolute atomic E-state index is 0.0547. The van der Waals surface area contributed by atoms with Gasteiger partial charge in [-0.1, -0.05) is 344 Å². The molecule has 2 atom stereocenters. The van der Waals surface area contributed by atoms with E-state index in [9.17, 15) is 19.0 Å². The van der Waals surface area contributed by atoms with Crippen LogP contribution in [-0.2, 0) is 32.7 Å². The average Bonchev–Trinajstić information content (AvgIpc) is 3.52. The van der Waals surface area contributed by atoms with E-state index in [2.05, 4.69) is 74.6 Å². The van der Waals surface area contributed by atoms with Gasteiger partial charge in [0.15, 0.2) is 6.10 Å². The Kier molecular flexibility index (Phi) is 68.9. The first-order valence-electron chi connectivity index (χ1n) is 36.8. The normalized spacial score (nSPS) is 13.2. The van der Waals surface area contributed by atoms with Crippen molar-refractivity contribution in [2.45, 2.75) is 380 Å². The molecule has 0 amide bonds. The second kappa shape index (κ2) is 70.8. The third-order valence-corrected chi connectivity index (χ3v) is 17.4. The van der Waals surface area contributed by atoms with Gasteiger partial charge < -0.3 is 20.1 Å². The topological polar surface area (TPSA) is 134 Å². The lowest BCUT2D eigenvalue weighted by molar-refractivity contribution is -0.161. The fourth-order valence-corrected chi connectivity index (χ4v) is 11.7. The third-order valence-electron chi connectivity index (χ3n) is 16.4. The highest BCUT2D eigenvalue weighted by molar-refractivity contribution is 7.47. The number of phosphoric acid groups is 1. The molecule has 0 spiro atoms. The zero-order chi connectivity index (χ0) is 61.6. The van der Waals surface area contributed by atoms with Gasteiger partial charge in [0.1, 0.15) is 6.61 Å². The Morgan fingerprint density at radius 3 is 0.976 bits per heavy atom. The van der Waals surface area contributed by atoms with Gasteiger partial charge in [-0.3, -0.25) is 18.6 Å². The predicted molar refractivity (Wildman–Crippen MR) is 367 cm³/mol. The van der Waals surface area contributed by atoms with Gasteiger partial charge in [0.05, 0.1) is 13.2 Å². The van der Waals surface area contributed by atoms with E-state index in [-0.39, 0.29) is 38.6 Å². The van der Waals surface area contributed by atoms with Crippen LogP contribution in [0.1, 0.15) is 373 Å². The van der Waals surface area contributed by atoms with Crippen LogP contribution >= 0.6 is 7.82 Å². The van der Waals surface area contributed by atoms with Crippen LogP contribution in [0.15, 0.2) is 60.8 Å². The third kappa shape index (κ3) is 70.7. The second-order valence-corrected chi connectivity index (χ2v) is 26.2. The van der Waals surface area contributed by atoms with E-state index >= 15 is 0 Å². The lowest BCUT2D eigenvalue weighted by atomic mass is 10.0. The first-order chi connectivity index (χ1) is 41.8. The van der Waals surface area contributed by atoms with E-state index in [1.54, 1.807) is 0 Å². The highest BCUT2D eigenvalue weighted by Gasteiger charge is 2.26. The monoisotopic (exact) mass is 1210 g/mol. The maximum atomic E-state index is 12.8. The van der Waals surface area contributed by atoms with Gasteiger partial charge in [-0.25, -0.2) is 4.57 Å². The summed E-state index contributed by atoms with van der Waals surface area (Å²) in [6, 6.07) is 0. The molecule has 9 nitrogen and oxygen atoms in total. The highest BCUT2D eigenvalue weighted by atomic mass is 31.2. The first-order valence-corrected chi connectivity index (χ1v) is 38.3. The van der Waals surface area contributed by atoms with Crippen molar-refractivity contribution >= 4 is 19.8 Å². The van der Waals surface area contributed by atoms with E-state index in [0.29, 0.717) is 6.42 Å². The van der Waals surface area contributed by atoms with Crippen LogP contribution in [0.3, 0.4) is 0 Å². The minimum atomic E-state index is -4.39. The quantitative estimate of drug-likeness (QED) is 0.0264. The molecule has 0 aromatic carbocycles. The summed E-state index contributed by atoms with van der Waals surface area (Å²) >= 11 is 0. The standard InChI is InChI=1S/C75H140NO8P/c1-3-5-7-9-11-13-15-17-19-21-23-25-27-29-31-33-35-36-38-39-41-43-45-47-49-51-53-55-57-59-61-63-65-67-74(77)81-71-73(72-83-85(79,80)82-70-69-76)84-75(78)68-66-64-62-60-58-56-54-52-50-48-46-44-42-40-37-34-32-30-28-26-24-22-20-18-16-14-12-10-8-6-4-2/h6,8,12,14,18,20-21,23-24,26,73H,3-5,7,9-11,13,15-17,19,22,25,27-72,76H2,1-2H3,(H,79,80)/b8-6-,14-12-,20-18-,23-21-,26-24-. The summed E-state index contributed by atoms with van der Waals surface area (Å²) in [6.45, 7) is 3.70. The number of hydrogen-bond acceptors (Lipinski definition) is 8. The second-order valence-electron chi connectivity index (χ2n) is 24.8. The number of phosphoric ester groups is 1. The Morgan fingerprint density at radius 2 is 0.647 bits per heavy atom. The van der Waals surface area contributed by atoms with Gasteiger partial charge in [-0.05, 0) is 77.0 Å². The van der Waals surface area contributed by atoms with E-state index in [1.165, 1.54) is 283 Å². The Bertz CT molecular complexity index is 1580. The Balaban J connectivity index is 3.80. The molecule has 0 aliphatic carbocycles. The smallest absolute Gasteiger partial charge is 0.462 e. The molecule has 3 N–H and O–H groups in total. The zero-order valence-electron chi connectivity index (χ0n) is 56.1. The number of unbranched alkanes of at least 4 members (excludes halogenated alkanes) is 47. The molecule has 0 heterocycles. The summed E-state index contributed by atoms with van der Waals surface area (Å²) in [5.74, 6) is -0.807. The minimum Gasteiger partial charge on any atom is -0.462 e. The fraction of sp³-hybridized carbons (Fsp3) is 0.840. The number of carbonyl (C=O) groups excluding carboxylic acids is 2. The summed E-state index contributed by atoms with van der Waals surface area (Å²) in [5.41, 5.74) is 5.41. The molecule has 0 fully saturated rings. The lowest BCUT2D eigenvalue weighted by Crippen LogP contribution is -2.29. The lowest BCUT2D eigenvalue weighted by Gasteiger charge is -2.19. The molecule has 498 valence electrons. The molecule has 0 aliphatic heterocycles. The largest absolute Gasteiger partial charge is 0.472 e. The number of allylic oxidation sites excluding steroid dienone is 10. The number of rotatable bonds is 70. The van der Waals surface area contributed by atoms with Crippen molar-refractivity contribution in [3.8, 4) is 0 Å². The summed E-state index contributed by atoms with van der Waals surface area (Å²) in [4.78, 5) is 35.4. The van der Waals surface area contributed by atoms with Crippen LogP contribution in [0.4, 0.5) is 0 Å². The molecule has 10 heteroatoms. The van der Waals surface area contributed by atoms with Crippen molar-refractivity contribution in [3.05, 3.63) is 60.8 Å². The van der Waals surface area contributed by atoms with Gasteiger partial charge >= 0.3 is 19.8 Å². The molecule has 0 aliphatic rings. The summed E-state index contributed by atoms with van der Waals surface area (Å²) in [5, 5.41) is 0. The van der Waals surface area contributed by atoms with E-state index in [0.717, 1.165) is 57.8 Å². The van der Waals surface area contributed by atoms with Gasteiger partial charge in [0.2, 0.25) is 0 Å².